The smallest absolute Gasteiger partial charge is 0.142 e. The summed E-state index contributed by atoms with van der Waals surface area (Å²) in [5, 5.41) is 3.35. The monoisotopic (exact) mass is 629 g/mol. The van der Waals surface area contributed by atoms with Gasteiger partial charge in [-0.2, -0.15) is 0 Å². The first-order valence-electron chi connectivity index (χ1n) is 16.8. The normalized spacial score (nSPS) is 16.5. The molecule has 232 valence electrons. The van der Waals surface area contributed by atoms with Gasteiger partial charge in [-0.3, -0.25) is 0 Å². The van der Waals surface area contributed by atoms with Crippen molar-refractivity contribution in [3.8, 4) is 22.3 Å². The SMILES string of the molecule is C1=CC2c3oc4c(-c5ccccc5)cccc4c3C=C(N(c3ccc(-c4ccccc4)cc3)c3ccc4oc5ccccc5c4c3)[C@H]2C=C1. The van der Waals surface area contributed by atoms with Crippen LogP contribution in [0.4, 0.5) is 11.4 Å². The van der Waals surface area contributed by atoms with E-state index in [0.717, 1.165) is 66.7 Å². The summed E-state index contributed by atoms with van der Waals surface area (Å²) < 4.78 is 13.1. The molecule has 3 nitrogen and oxygen atoms in total. The molecule has 49 heavy (non-hydrogen) atoms. The Morgan fingerprint density at radius 1 is 0.469 bits per heavy atom. The summed E-state index contributed by atoms with van der Waals surface area (Å²) in [5.41, 5.74) is 11.9. The van der Waals surface area contributed by atoms with Gasteiger partial charge in [-0.25, -0.2) is 0 Å². The maximum atomic E-state index is 6.88. The predicted molar refractivity (Wildman–Crippen MR) is 202 cm³/mol. The quantitative estimate of drug-likeness (QED) is 0.190. The highest BCUT2D eigenvalue weighted by Gasteiger charge is 2.37. The highest BCUT2D eigenvalue weighted by Crippen LogP contribution is 2.50. The van der Waals surface area contributed by atoms with E-state index in [1.165, 1.54) is 16.8 Å². The molecule has 0 N–H and O–H groups in total. The molecule has 10 rings (SSSR count). The van der Waals surface area contributed by atoms with Crippen molar-refractivity contribution in [3.05, 3.63) is 187 Å². The minimum absolute atomic E-state index is 0.0561. The van der Waals surface area contributed by atoms with Crippen molar-refractivity contribution in [2.45, 2.75) is 5.92 Å². The standard InChI is InChI=1S/C46H31NO2/c1-3-12-30(13-4-1)31-22-24-33(25-23-31)47(34-26-27-44-40(28-34)37-17-9-10-21-43(37)48-44)42-29-41-39-20-11-19-35(32-14-5-2-6-15-32)45(39)49-46(41)38-18-8-7-16-36(38)42/h1-29,36,38H/t36-,38?/m0/s1. The van der Waals surface area contributed by atoms with Gasteiger partial charge in [0.1, 0.15) is 22.5 Å². The number of hydrogen-bond acceptors (Lipinski definition) is 3. The van der Waals surface area contributed by atoms with E-state index in [1.807, 2.05) is 12.1 Å². The average Bonchev–Trinajstić information content (AvgIpc) is 3.74. The lowest BCUT2D eigenvalue weighted by Crippen LogP contribution is -2.28. The molecule has 0 radical (unpaired) electrons. The van der Waals surface area contributed by atoms with Crippen molar-refractivity contribution < 1.29 is 8.83 Å². The summed E-state index contributed by atoms with van der Waals surface area (Å²) in [5.74, 6) is 1.15. The molecule has 2 heterocycles. The maximum absolute atomic E-state index is 6.88. The van der Waals surface area contributed by atoms with E-state index in [-0.39, 0.29) is 11.8 Å². The molecule has 0 fully saturated rings. The Kier molecular flexibility index (Phi) is 6.31. The average molecular weight is 630 g/mol. The van der Waals surface area contributed by atoms with E-state index in [2.05, 4.69) is 169 Å². The van der Waals surface area contributed by atoms with Gasteiger partial charge < -0.3 is 13.7 Å². The summed E-state index contributed by atoms with van der Waals surface area (Å²) in [6, 6.07) is 51.4. The summed E-state index contributed by atoms with van der Waals surface area (Å²) >= 11 is 0. The molecule has 2 aliphatic carbocycles. The van der Waals surface area contributed by atoms with Gasteiger partial charge in [-0.15, -0.1) is 0 Å². The lowest BCUT2D eigenvalue weighted by Gasteiger charge is -2.37. The molecule has 1 unspecified atom stereocenters. The van der Waals surface area contributed by atoms with E-state index in [4.69, 9.17) is 8.83 Å². The van der Waals surface area contributed by atoms with Gasteiger partial charge in [-0.1, -0.05) is 133 Å². The Hall–Kier alpha value is -6.32. The van der Waals surface area contributed by atoms with Crippen molar-refractivity contribution in [3.63, 3.8) is 0 Å². The van der Waals surface area contributed by atoms with Crippen molar-refractivity contribution >= 4 is 50.4 Å². The van der Waals surface area contributed by atoms with Crippen LogP contribution in [0.2, 0.25) is 0 Å². The Balaban J connectivity index is 1.20. The van der Waals surface area contributed by atoms with Crippen LogP contribution in [-0.2, 0) is 0 Å². The number of furan rings is 2. The highest BCUT2D eigenvalue weighted by atomic mass is 16.3. The summed E-state index contributed by atoms with van der Waals surface area (Å²) in [6.45, 7) is 0. The van der Waals surface area contributed by atoms with Crippen molar-refractivity contribution in [2.24, 2.45) is 5.92 Å². The Morgan fingerprint density at radius 2 is 1.12 bits per heavy atom. The first-order chi connectivity index (χ1) is 24.3. The van der Waals surface area contributed by atoms with Crippen molar-refractivity contribution in [2.75, 3.05) is 4.90 Å². The zero-order valence-corrected chi connectivity index (χ0v) is 26.7. The second-order valence-electron chi connectivity index (χ2n) is 12.8. The molecule has 2 aromatic heterocycles. The lowest BCUT2D eigenvalue weighted by atomic mass is 9.77. The first-order valence-corrected chi connectivity index (χ1v) is 16.8. The topological polar surface area (TPSA) is 29.5 Å². The predicted octanol–water partition coefficient (Wildman–Crippen LogP) is 12.7. The first kappa shape index (κ1) is 27.8. The van der Waals surface area contributed by atoms with Crippen LogP contribution >= 0.6 is 0 Å². The van der Waals surface area contributed by atoms with Crippen LogP contribution < -0.4 is 4.90 Å². The molecule has 0 aliphatic heterocycles. The van der Waals surface area contributed by atoms with E-state index in [0.29, 0.717) is 0 Å². The minimum Gasteiger partial charge on any atom is -0.459 e. The van der Waals surface area contributed by atoms with Crippen LogP contribution in [0.5, 0.6) is 0 Å². The molecule has 8 aromatic rings. The number of rotatable bonds is 5. The molecule has 2 aliphatic rings. The number of nitrogens with zero attached hydrogens (tertiary/aromatic N) is 1. The second-order valence-corrected chi connectivity index (χ2v) is 12.8. The number of benzene rings is 6. The van der Waals surface area contributed by atoms with Gasteiger partial charge in [0.25, 0.3) is 0 Å². The minimum atomic E-state index is 0.0561. The lowest BCUT2D eigenvalue weighted by molar-refractivity contribution is 0.481. The summed E-state index contributed by atoms with van der Waals surface area (Å²) in [6.07, 6.45) is 11.3. The Bertz CT molecular complexity index is 2600. The number of fused-ring (bicyclic) bond motifs is 8. The zero-order valence-electron chi connectivity index (χ0n) is 26.7. The van der Waals surface area contributed by atoms with Crippen LogP contribution in [0.1, 0.15) is 17.2 Å². The van der Waals surface area contributed by atoms with Crippen LogP contribution in [0.15, 0.2) is 184 Å². The second kappa shape index (κ2) is 11.1. The molecule has 0 bridgehead atoms. The summed E-state index contributed by atoms with van der Waals surface area (Å²) in [4.78, 5) is 2.43. The summed E-state index contributed by atoms with van der Waals surface area (Å²) in [7, 11) is 0. The third-order valence-electron chi connectivity index (χ3n) is 10.0. The third kappa shape index (κ3) is 4.51. The zero-order chi connectivity index (χ0) is 32.3. The van der Waals surface area contributed by atoms with Crippen LogP contribution in [0.3, 0.4) is 0 Å². The number of anilines is 2. The molecule has 3 heteroatoms. The van der Waals surface area contributed by atoms with E-state index < -0.39 is 0 Å². The molecule has 2 atom stereocenters. The fraction of sp³-hybridized carbons (Fsp3) is 0.0435. The van der Waals surface area contributed by atoms with Crippen molar-refractivity contribution in [1.29, 1.82) is 0 Å². The molecule has 0 saturated carbocycles. The third-order valence-corrected chi connectivity index (χ3v) is 10.0. The largest absolute Gasteiger partial charge is 0.459 e. The van der Waals surface area contributed by atoms with Crippen LogP contribution in [-0.4, -0.2) is 0 Å². The van der Waals surface area contributed by atoms with Gasteiger partial charge in [0.05, 0.1) is 0 Å². The molecule has 0 spiro atoms. The fourth-order valence-corrected chi connectivity index (χ4v) is 7.73. The highest BCUT2D eigenvalue weighted by molar-refractivity contribution is 6.06. The fourth-order valence-electron chi connectivity index (χ4n) is 7.73. The van der Waals surface area contributed by atoms with E-state index in [1.54, 1.807) is 0 Å². The number of para-hydroxylation sites is 2. The maximum Gasteiger partial charge on any atom is 0.142 e. The number of hydrogen-bond donors (Lipinski definition) is 0. The van der Waals surface area contributed by atoms with Gasteiger partial charge in [0.15, 0.2) is 0 Å². The van der Waals surface area contributed by atoms with Crippen molar-refractivity contribution in [1.82, 2.24) is 0 Å². The molecular weight excluding hydrogens is 599 g/mol. The van der Waals surface area contributed by atoms with Gasteiger partial charge in [-0.05, 0) is 59.2 Å². The molecule has 0 saturated heterocycles. The van der Waals surface area contributed by atoms with Gasteiger partial charge >= 0.3 is 0 Å². The number of allylic oxidation sites excluding steroid dienone is 4. The Labute approximate surface area is 284 Å². The van der Waals surface area contributed by atoms with Crippen LogP contribution in [0, 0.1) is 5.92 Å². The Morgan fingerprint density at radius 3 is 1.94 bits per heavy atom. The van der Waals surface area contributed by atoms with Gasteiger partial charge in [0, 0.05) is 56.2 Å². The van der Waals surface area contributed by atoms with E-state index >= 15 is 0 Å². The molecule has 0 amide bonds. The van der Waals surface area contributed by atoms with Crippen LogP contribution in [0.25, 0.3) is 61.2 Å². The van der Waals surface area contributed by atoms with E-state index in [9.17, 15) is 0 Å². The molecular formula is C46H31NO2. The van der Waals surface area contributed by atoms with Gasteiger partial charge in [0.2, 0.25) is 0 Å². The molecule has 6 aromatic carbocycles.